The van der Waals surface area contributed by atoms with Gasteiger partial charge in [-0.05, 0) is 43.0 Å². The SMILES string of the molecule is C[C@H](CCc1ccccc1)NC(=O)CSCc1ccc(Cl)cc1Cl. The van der Waals surface area contributed by atoms with Gasteiger partial charge in [-0.25, -0.2) is 0 Å². The summed E-state index contributed by atoms with van der Waals surface area (Å²) < 4.78 is 0. The van der Waals surface area contributed by atoms with E-state index < -0.39 is 0 Å². The lowest BCUT2D eigenvalue weighted by Crippen LogP contribution is -2.34. The number of hydrogen-bond acceptors (Lipinski definition) is 2. The molecule has 0 unspecified atom stereocenters. The number of halogens is 2. The highest BCUT2D eigenvalue weighted by molar-refractivity contribution is 7.99. The molecule has 0 aromatic heterocycles. The van der Waals surface area contributed by atoms with Crippen LogP contribution in [0.2, 0.25) is 10.0 Å². The molecule has 0 fully saturated rings. The lowest BCUT2D eigenvalue weighted by atomic mass is 10.1. The van der Waals surface area contributed by atoms with Gasteiger partial charge in [-0.15, -0.1) is 11.8 Å². The van der Waals surface area contributed by atoms with E-state index in [-0.39, 0.29) is 11.9 Å². The Morgan fingerprint density at radius 3 is 2.62 bits per heavy atom. The highest BCUT2D eigenvalue weighted by Gasteiger charge is 2.09. The van der Waals surface area contributed by atoms with Crippen molar-refractivity contribution >= 4 is 40.9 Å². The first-order valence-electron chi connectivity index (χ1n) is 7.89. The van der Waals surface area contributed by atoms with Crippen LogP contribution in [0.15, 0.2) is 48.5 Å². The van der Waals surface area contributed by atoms with Gasteiger partial charge in [0.05, 0.1) is 5.75 Å². The van der Waals surface area contributed by atoms with E-state index in [0.717, 1.165) is 18.4 Å². The molecular formula is C19H21Cl2NOS. The summed E-state index contributed by atoms with van der Waals surface area (Å²) in [6, 6.07) is 15.9. The molecular weight excluding hydrogens is 361 g/mol. The van der Waals surface area contributed by atoms with E-state index in [1.165, 1.54) is 5.56 Å². The summed E-state index contributed by atoms with van der Waals surface area (Å²) in [7, 11) is 0. The Morgan fingerprint density at radius 2 is 1.92 bits per heavy atom. The van der Waals surface area contributed by atoms with E-state index in [0.29, 0.717) is 21.6 Å². The van der Waals surface area contributed by atoms with Gasteiger partial charge in [0.2, 0.25) is 5.91 Å². The maximum Gasteiger partial charge on any atom is 0.230 e. The van der Waals surface area contributed by atoms with Gasteiger partial charge in [0, 0.05) is 21.8 Å². The molecule has 2 aromatic rings. The molecule has 1 N–H and O–H groups in total. The number of hydrogen-bond donors (Lipinski definition) is 1. The summed E-state index contributed by atoms with van der Waals surface area (Å²) in [6.45, 7) is 2.04. The Labute approximate surface area is 157 Å². The molecule has 1 amide bonds. The Bertz CT molecular complexity index is 664. The summed E-state index contributed by atoms with van der Waals surface area (Å²) in [5.74, 6) is 1.18. The molecule has 0 aliphatic rings. The average molecular weight is 382 g/mol. The Kier molecular flexibility index (Phi) is 7.97. The molecule has 0 aliphatic heterocycles. The lowest BCUT2D eigenvalue weighted by Gasteiger charge is -2.14. The highest BCUT2D eigenvalue weighted by atomic mass is 35.5. The van der Waals surface area contributed by atoms with E-state index >= 15 is 0 Å². The summed E-state index contributed by atoms with van der Waals surface area (Å²) in [6.07, 6.45) is 1.90. The third-order valence-corrected chi connectivity index (χ3v) is 5.19. The standard InChI is InChI=1S/C19H21Cl2NOS/c1-14(7-8-15-5-3-2-4-6-15)22-19(23)13-24-12-16-9-10-17(20)11-18(16)21/h2-6,9-11,14H,7-8,12-13H2,1H3,(H,22,23)/t14-/m1/s1. The molecule has 2 rings (SSSR count). The second-order valence-electron chi connectivity index (χ2n) is 5.72. The zero-order chi connectivity index (χ0) is 17.4. The summed E-state index contributed by atoms with van der Waals surface area (Å²) in [4.78, 5) is 12.0. The molecule has 0 radical (unpaired) electrons. The van der Waals surface area contributed by atoms with Gasteiger partial charge in [0.1, 0.15) is 0 Å². The van der Waals surface area contributed by atoms with Crippen molar-refractivity contribution in [3.8, 4) is 0 Å². The molecule has 5 heteroatoms. The monoisotopic (exact) mass is 381 g/mol. The Hall–Kier alpha value is -1.16. The molecule has 2 nitrogen and oxygen atoms in total. The summed E-state index contributed by atoms with van der Waals surface area (Å²) in [5, 5.41) is 4.32. The van der Waals surface area contributed by atoms with Crippen LogP contribution in [0.3, 0.4) is 0 Å². The van der Waals surface area contributed by atoms with Gasteiger partial charge in [0.15, 0.2) is 0 Å². The molecule has 128 valence electrons. The normalized spacial score (nSPS) is 12.0. The van der Waals surface area contributed by atoms with Crippen molar-refractivity contribution < 1.29 is 4.79 Å². The largest absolute Gasteiger partial charge is 0.353 e. The number of aryl methyl sites for hydroxylation is 1. The average Bonchev–Trinajstić information content (AvgIpc) is 2.56. The molecule has 0 saturated carbocycles. The van der Waals surface area contributed by atoms with Crippen LogP contribution in [0.4, 0.5) is 0 Å². The van der Waals surface area contributed by atoms with Crippen molar-refractivity contribution in [2.45, 2.75) is 31.6 Å². The fraction of sp³-hybridized carbons (Fsp3) is 0.316. The van der Waals surface area contributed by atoms with Gasteiger partial charge in [-0.1, -0.05) is 59.6 Å². The molecule has 0 spiro atoms. The number of nitrogens with one attached hydrogen (secondary N) is 1. The second kappa shape index (κ2) is 9.97. The van der Waals surface area contributed by atoms with Crippen LogP contribution in [-0.4, -0.2) is 17.7 Å². The molecule has 2 aromatic carbocycles. The fourth-order valence-electron chi connectivity index (χ4n) is 2.31. The molecule has 0 bridgehead atoms. The van der Waals surface area contributed by atoms with E-state index in [9.17, 15) is 4.79 Å². The van der Waals surface area contributed by atoms with Crippen molar-refractivity contribution in [1.29, 1.82) is 0 Å². The van der Waals surface area contributed by atoms with Gasteiger partial charge in [-0.2, -0.15) is 0 Å². The molecule has 24 heavy (non-hydrogen) atoms. The first-order chi connectivity index (χ1) is 11.5. The van der Waals surface area contributed by atoms with Crippen LogP contribution in [0.25, 0.3) is 0 Å². The first kappa shape index (κ1) is 19.2. The first-order valence-corrected chi connectivity index (χ1v) is 9.80. The number of carbonyl (C=O) groups excluding carboxylic acids is 1. The topological polar surface area (TPSA) is 29.1 Å². The fourth-order valence-corrected chi connectivity index (χ4v) is 3.71. The van der Waals surface area contributed by atoms with Crippen LogP contribution in [-0.2, 0) is 17.0 Å². The number of rotatable bonds is 8. The van der Waals surface area contributed by atoms with Gasteiger partial charge >= 0.3 is 0 Å². The number of amides is 1. The van der Waals surface area contributed by atoms with E-state index in [2.05, 4.69) is 17.4 Å². The smallest absolute Gasteiger partial charge is 0.230 e. The third kappa shape index (κ3) is 6.76. The van der Waals surface area contributed by atoms with Crippen LogP contribution >= 0.6 is 35.0 Å². The van der Waals surface area contributed by atoms with E-state index in [1.54, 1.807) is 17.8 Å². The van der Waals surface area contributed by atoms with E-state index in [1.807, 2.05) is 37.3 Å². The van der Waals surface area contributed by atoms with Crippen LogP contribution in [0, 0.1) is 0 Å². The van der Waals surface area contributed by atoms with Gasteiger partial charge < -0.3 is 5.32 Å². The maximum atomic E-state index is 12.0. The zero-order valence-corrected chi connectivity index (χ0v) is 15.9. The molecule has 0 saturated heterocycles. The predicted molar refractivity (Wildman–Crippen MR) is 105 cm³/mol. The van der Waals surface area contributed by atoms with Gasteiger partial charge in [-0.3, -0.25) is 4.79 Å². The maximum absolute atomic E-state index is 12.0. The minimum atomic E-state index is 0.0608. The van der Waals surface area contributed by atoms with Crippen molar-refractivity contribution in [2.75, 3.05) is 5.75 Å². The minimum Gasteiger partial charge on any atom is -0.353 e. The van der Waals surface area contributed by atoms with Crippen molar-refractivity contribution in [1.82, 2.24) is 5.32 Å². The number of carbonyl (C=O) groups is 1. The van der Waals surface area contributed by atoms with Crippen molar-refractivity contribution in [3.63, 3.8) is 0 Å². The zero-order valence-electron chi connectivity index (χ0n) is 13.6. The highest BCUT2D eigenvalue weighted by Crippen LogP contribution is 2.24. The second-order valence-corrected chi connectivity index (χ2v) is 7.55. The Morgan fingerprint density at radius 1 is 1.17 bits per heavy atom. The number of thioether (sulfide) groups is 1. The Balaban J connectivity index is 1.67. The quantitative estimate of drug-likeness (QED) is 0.666. The summed E-state index contributed by atoms with van der Waals surface area (Å²) in [5.41, 5.74) is 2.29. The van der Waals surface area contributed by atoms with Crippen LogP contribution < -0.4 is 5.32 Å². The minimum absolute atomic E-state index is 0.0608. The molecule has 0 aliphatic carbocycles. The lowest BCUT2D eigenvalue weighted by molar-refractivity contribution is -0.119. The van der Waals surface area contributed by atoms with E-state index in [4.69, 9.17) is 23.2 Å². The van der Waals surface area contributed by atoms with Crippen molar-refractivity contribution in [2.24, 2.45) is 0 Å². The predicted octanol–water partition coefficient (Wildman–Crippen LogP) is 5.36. The molecule has 0 heterocycles. The van der Waals surface area contributed by atoms with Gasteiger partial charge in [0.25, 0.3) is 0 Å². The number of benzene rings is 2. The summed E-state index contributed by atoms with van der Waals surface area (Å²) >= 11 is 13.6. The third-order valence-electron chi connectivity index (χ3n) is 3.62. The molecule has 1 atom stereocenters. The van der Waals surface area contributed by atoms with Crippen molar-refractivity contribution in [3.05, 3.63) is 69.7 Å². The van der Waals surface area contributed by atoms with Crippen LogP contribution in [0.5, 0.6) is 0 Å². The van der Waals surface area contributed by atoms with Crippen LogP contribution in [0.1, 0.15) is 24.5 Å².